The van der Waals surface area contributed by atoms with Crippen LogP contribution in [0.4, 0.5) is 5.69 Å². The fourth-order valence-electron chi connectivity index (χ4n) is 3.43. The molecule has 2 N–H and O–H groups in total. The Kier molecular flexibility index (Phi) is 5.08. The first-order chi connectivity index (χ1) is 10.7. The zero-order chi connectivity index (χ0) is 15.4. The van der Waals surface area contributed by atoms with Crippen LogP contribution in [0.15, 0.2) is 24.3 Å². The van der Waals surface area contributed by atoms with Crippen molar-refractivity contribution in [2.75, 3.05) is 51.1 Å². The van der Waals surface area contributed by atoms with Crippen molar-refractivity contribution < 1.29 is 4.79 Å². The summed E-state index contributed by atoms with van der Waals surface area (Å²) in [5.41, 5.74) is 2.06. The molecule has 2 aliphatic rings. The van der Waals surface area contributed by atoms with Crippen LogP contribution in [0.1, 0.15) is 12.0 Å². The Bertz CT molecular complexity index is 513. The summed E-state index contributed by atoms with van der Waals surface area (Å²) in [5.74, 6) is 0.0894. The number of piperazine rings is 1. The van der Waals surface area contributed by atoms with Crippen molar-refractivity contribution in [1.82, 2.24) is 15.1 Å². The van der Waals surface area contributed by atoms with E-state index in [1.807, 2.05) is 31.2 Å². The number of likely N-dealkylation sites (tertiary alicyclic amines) is 1. The van der Waals surface area contributed by atoms with Gasteiger partial charge >= 0.3 is 0 Å². The Balaban J connectivity index is 1.46. The van der Waals surface area contributed by atoms with E-state index in [9.17, 15) is 4.79 Å². The molecule has 2 saturated heterocycles. The number of nitrogens with zero attached hydrogens (tertiary/aromatic N) is 2. The summed E-state index contributed by atoms with van der Waals surface area (Å²) in [7, 11) is 0. The molecule has 0 radical (unpaired) electrons. The number of amides is 1. The largest absolute Gasteiger partial charge is 0.325 e. The number of hydrogen-bond donors (Lipinski definition) is 2. The van der Waals surface area contributed by atoms with Crippen LogP contribution >= 0.6 is 0 Å². The molecule has 1 aromatic carbocycles. The van der Waals surface area contributed by atoms with Gasteiger partial charge in [-0.1, -0.05) is 12.1 Å². The zero-order valence-corrected chi connectivity index (χ0v) is 13.3. The predicted octanol–water partition coefficient (Wildman–Crippen LogP) is 0.913. The first-order valence-corrected chi connectivity index (χ1v) is 8.24. The van der Waals surface area contributed by atoms with Gasteiger partial charge in [-0.05, 0) is 31.0 Å². The third-order valence-corrected chi connectivity index (χ3v) is 4.58. The molecule has 5 nitrogen and oxygen atoms in total. The number of benzene rings is 1. The molecule has 120 valence electrons. The maximum atomic E-state index is 12.2. The second-order valence-electron chi connectivity index (χ2n) is 6.38. The van der Waals surface area contributed by atoms with Crippen LogP contribution in [0.3, 0.4) is 0 Å². The Labute approximate surface area is 132 Å². The number of carbonyl (C=O) groups is 1. The second kappa shape index (κ2) is 7.22. The normalized spacial score (nSPS) is 23.6. The van der Waals surface area contributed by atoms with Crippen LogP contribution < -0.4 is 10.6 Å². The highest BCUT2D eigenvalue weighted by Crippen LogP contribution is 2.16. The maximum absolute atomic E-state index is 12.2. The topological polar surface area (TPSA) is 47.6 Å². The number of hydrogen-bond acceptors (Lipinski definition) is 4. The summed E-state index contributed by atoms with van der Waals surface area (Å²) < 4.78 is 0. The monoisotopic (exact) mass is 302 g/mol. The van der Waals surface area contributed by atoms with Crippen molar-refractivity contribution >= 4 is 11.6 Å². The standard InChI is InChI=1S/C17H26N4O/c1-14-3-2-4-15(11-14)19-17(22)13-20-8-5-16(12-20)21-9-6-18-7-10-21/h2-4,11,16,18H,5-10,12-13H2,1H3,(H,19,22). The third-order valence-electron chi connectivity index (χ3n) is 4.58. The first kappa shape index (κ1) is 15.5. The quantitative estimate of drug-likeness (QED) is 0.868. The molecule has 2 heterocycles. The number of rotatable bonds is 4. The van der Waals surface area contributed by atoms with Gasteiger partial charge in [0.05, 0.1) is 6.54 Å². The molecule has 1 aromatic rings. The van der Waals surface area contributed by atoms with Crippen molar-refractivity contribution in [2.24, 2.45) is 0 Å². The van der Waals surface area contributed by atoms with Gasteiger partial charge in [0.25, 0.3) is 0 Å². The van der Waals surface area contributed by atoms with Crippen molar-refractivity contribution in [2.45, 2.75) is 19.4 Å². The molecule has 0 bridgehead atoms. The lowest BCUT2D eigenvalue weighted by molar-refractivity contribution is -0.117. The van der Waals surface area contributed by atoms with E-state index in [0.717, 1.165) is 50.5 Å². The van der Waals surface area contributed by atoms with Gasteiger partial charge < -0.3 is 10.6 Å². The number of anilines is 1. The summed E-state index contributed by atoms with van der Waals surface area (Å²) in [5, 5.41) is 6.39. The fourth-order valence-corrected chi connectivity index (χ4v) is 3.43. The molecule has 0 saturated carbocycles. The van der Waals surface area contributed by atoms with Crippen LogP contribution in [-0.2, 0) is 4.79 Å². The van der Waals surface area contributed by atoms with Crippen molar-refractivity contribution in [3.05, 3.63) is 29.8 Å². The average molecular weight is 302 g/mol. The Morgan fingerprint density at radius 1 is 1.32 bits per heavy atom. The number of carbonyl (C=O) groups excluding carboxylic acids is 1. The van der Waals surface area contributed by atoms with Crippen LogP contribution in [0.5, 0.6) is 0 Å². The molecule has 2 aliphatic heterocycles. The molecule has 5 heteroatoms. The molecular weight excluding hydrogens is 276 g/mol. The van der Waals surface area contributed by atoms with Crippen molar-refractivity contribution in [1.29, 1.82) is 0 Å². The molecule has 1 unspecified atom stereocenters. The van der Waals surface area contributed by atoms with Crippen LogP contribution in [0.2, 0.25) is 0 Å². The van der Waals surface area contributed by atoms with E-state index in [2.05, 4.69) is 20.4 Å². The Hall–Kier alpha value is -1.43. The minimum Gasteiger partial charge on any atom is -0.325 e. The van der Waals surface area contributed by atoms with Gasteiger partial charge in [0.15, 0.2) is 0 Å². The minimum absolute atomic E-state index is 0.0894. The molecule has 22 heavy (non-hydrogen) atoms. The number of aryl methyl sites for hydroxylation is 1. The van der Waals surface area contributed by atoms with Crippen LogP contribution in [0.25, 0.3) is 0 Å². The Morgan fingerprint density at radius 3 is 2.91 bits per heavy atom. The minimum atomic E-state index is 0.0894. The van der Waals surface area contributed by atoms with Crippen molar-refractivity contribution in [3.63, 3.8) is 0 Å². The van der Waals surface area contributed by atoms with E-state index < -0.39 is 0 Å². The predicted molar refractivity (Wildman–Crippen MR) is 89.1 cm³/mol. The summed E-state index contributed by atoms with van der Waals surface area (Å²) in [6.45, 7) is 9.01. The van der Waals surface area contributed by atoms with E-state index in [4.69, 9.17) is 0 Å². The number of nitrogens with one attached hydrogen (secondary N) is 2. The van der Waals surface area contributed by atoms with E-state index in [1.165, 1.54) is 6.42 Å². The smallest absolute Gasteiger partial charge is 0.238 e. The van der Waals surface area contributed by atoms with Gasteiger partial charge in [-0.25, -0.2) is 0 Å². The van der Waals surface area contributed by atoms with Gasteiger partial charge in [-0.15, -0.1) is 0 Å². The average Bonchev–Trinajstić information content (AvgIpc) is 2.96. The SMILES string of the molecule is Cc1cccc(NC(=O)CN2CCC(N3CCNCC3)C2)c1. The lowest BCUT2D eigenvalue weighted by Gasteiger charge is -2.32. The molecule has 0 aliphatic carbocycles. The van der Waals surface area contributed by atoms with Gasteiger partial charge in [0, 0.05) is 51.0 Å². The van der Waals surface area contributed by atoms with Crippen LogP contribution in [-0.4, -0.2) is 67.6 Å². The first-order valence-electron chi connectivity index (χ1n) is 8.24. The summed E-state index contributed by atoms with van der Waals surface area (Å²) in [6.07, 6.45) is 1.18. The maximum Gasteiger partial charge on any atom is 0.238 e. The lowest BCUT2D eigenvalue weighted by atomic mass is 10.2. The molecule has 0 spiro atoms. The van der Waals surface area contributed by atoms with Gasteiger partial charge in [-0.3, -0.25) is 14.6 Å². The molecule has 1 amide bonds. The van der Waals surface area contributed by atoms with E-state index in [0.29, 0.717) is 12.6 Å². The second-order valence-corrected chi connectivity index (χ2v) is 6.38. The van der Waals surface area contributed by atoms with E-state index >= 15 is 0 Å². The lowest BCUT2D eigenvalue weighted by Crippen LogP contribution is -2.49. The highest BCUT2D eigenvalue weighted by atomic mass is 16.2. The third kappa shape index (κ3) is 4.06. The van der Waals surface area contributed by atoms with Gasteiger partial charge in [0.2, 0.25) is 5.91 Å². The van der Waals surface area contributed by atoms with Crippen molar-refractivity contribution in [3.8, 4) is 0 Å². The van der Waals surface area contributed by atoms with Gasteiger partial charge in [0.1, 0.15) is 0 Å². The van der Waals surface area contributed by atoms with Gasteiger partial charge in [-0.2, -0.15) is 0 Å². The van der Waals surface area contributed by atoms with Crippen LogP contribution in [0, 0.1) is 6.92 Å². The van der Waals surface area contributed by atoms with E-state index in [1.54, 1.807) is 0 Å². The molecular formula is C17H26N4O. The summed E-state index contributed by atoms with van der Waals surface area (Å²) in [4.78, 5) is 17.0. The summed E-state index contributed by atoms with van der Waals surface area (Å²) >= 11 is 0. The fraction of sp³-hybridized carbons (Fsp3) is 0.588. The highest BCUT2D eigenvalue weighted by molar-refractivity contribution is 5.92. The highest BCUT2D eigenvalue weighted by Gasteiger charge is 2.29. The molecule has 1 atom stereocenters. The van der Waals surface area contributed by atoms with E-state index in [-0.39, 0.29) is 5.91 Å². The molecule has 2 fully saturated rings. The molecule has 3 rings (SSSR count). The Morgan fingerprint density at radius 2 is 2.14 bits per heavy atom. The zero-order valence-electron chi connectivity index (χ0n) is 13.3. The molecule has 0 aromatic heterocycles. The summed E-state index contributed by atoms with van der Waals surface area (Å²) in [6, 6.07) is 8.58.